The molecule has 4 aromatic carbocycles. The smallest absolute Gasteiger partial charge is 0.271 e. The van der Waals surface area contributed by atoms with Crippen molar-refractivity contribution in [2.75, 3.05) is 11.9 Å². The molecule has 38 heavy (non-hydrogen) atoms. The van der Waals surface area contributed by atoms with E-state index in [-0.39, 0.29) is 28.5 Å². The highest BCUT2D eigenvalue weighted by Gasteiger charge is 2.19. The number of non-ortho nitro benzene ring substituents is 1. The van der Waals surface area contributed by atoms with E-state index in [0.717, 1.165) is 5.56 Å². The van der Waals surface area contributed by atoms with Crippen LogP contribution in [0.1, 0.15) is 40.1 Å². The quantitative estimate of drug-likeness (QED) is 0.142. The monoisotopic (exact) mass is 511 g/mol. The van der Waals surface area contributed by atoms with Crippen molar-refractivity contribution in [2.24, 2.45) is 10.2 Å². The number of phenols is 1. The van der Waals surface area contributed by atoms with Gasteiger partial charge in [0.15, 0.2) is 5.75 Å². The Hall–Kier alpha value is -5.12. The number of nitrogens with one attached hydrogen (secondary N) is 2. The van der Waals surface area contributed by atoms with Crippen LogP contribution in [0.3, 0.4) is 0 Å². The summed E-state index contributed by atoms with van der Waals surface area (Å²) in [4.78, 5) is 36.0. The molecule has 0 aliphatic heterocycles. The lowest BCUT2D eigenvalue weighted by Crippen LogP contribution is -2.22. The molecule has 0 saturated carbocycles. The Morgan fingerprint density at radius 2 is 1.74 bits per heavy atom. The molecule has 0 fully saturated rings. The third-order valence-electron chi connectivity index (χ3n) is 5.88. The van der Waals surface area contributed by atoms with E-state index < -0.39 is 16.6 Å². The van der Waals surface area contributed by atoms with E-state index in [1.165, 1.54) is 30.3 Å². The molecule has 0 atom stereocenters. The molecular formula is C28H25N5O5. The Bertz CT molecular complexity index is 1580. The van der Waals surface area contributed by atoms with E-state index in [0.29, 0.717) is 35.0 Å². The zero-order chi connectivity index (χ0) is 27.2. The standard InChI is InChI=1S/C28H25N5O5/c1-3-17-12-13-19(27(35)29-4-2)15-24(17)31-32-25-22-11-6-5-8-18(22)14-23(26(25)34)28(36)30-20-9-7-10-21(16-20)33(37)38/h5-16,34H,3-4H2,1-2H3,(H,29,35)(H,30,36). The Kier molecular flexibility index (Phi) is 7.72. The highest BCUT2D eigenvalue weighted by molar-refractivity contribution is 6.11. The number of nitrogens with zero attached hydrogens (tertiary/aromatic N) is 3. The predicted octanol–water partition coefficient (Wildman–Crippen LogP) is 6.43. The van der Waals surface area contributed by atoms with E-state index >= 15 is 0 Å². The highest BCUT2D eigenvalue weighted by atomic mass is 16.6. The number of nitro benzene ring substituents is 1. The maximum absolute atomic E-state index is 13.1. The fourth-order valence-electron chi connectivity index (χ4n) is 3.95. The van der Waals surface area contributed by atoms with Crippen molar-refractivity contribution in [1.82, 2.24) is 5.32 Å². The van der Waals surface area contributed by atoms with E-state index in [1.54, 1.807) is 42.5 Å². The molecule has 0 radical (unpaired) electrons. The molecule has 0 unspecified atom stereocenters. The van der Waals surface area contributed by atoms with Gasteiger partial charge in [0.1, 0.15) is 5.69 Å². The minimum Gasteiger partial charge on any atom is -0.505 e. The molecule has 2 amide bonds. The first-order valence-corrected chi connectivity index (χ1v) is 12.0. The van der Waals surface area contributed by atoms with Gasteiger partial charge in [0, 0.05) is 35.3 Å². The lowest BCUT2D eigenvalue weighted by Gasteiger charge is -2.11. The first-order valence-electron chi connectivity index (χ1n) is 12.0. The maximum Gasteiger partial charge on any atom is 0.271 e. The van der Waals surface area contributed by atoms with Gasteiger partial charge in [0.2, 0.25) is 0 Å². The zero-order valence-corrected chi connectivity index (χ0v) is 20.8. The summed E-state index contributed by atoms with van der Waals surface area (Å²) >= 11 is 0. The van der Waals surface area contributed by atoms with Crippen LogP contribution in [-0.4, -0.2) is 28.4 Å². The molecule has 0 aliphatic carbocycles. The van der Waals surface area contributed by atoms with Crippen molar-refractivity contribution in [3.63, 3.8) is 0 Å². The van der Waals surface area contributed by atoms with Gasteiger partial charge in [-0.15, -0.1) is 5.11 Å². The number of amides is 2. The second-order valence-corrected chi connectivity index (χ2v) is 8.36. The average molecular weight is 512 g/mol. The van der Waals surface area contributed by atoms with Gasteiger partial charge in [0.05, 0.1) is 16.2 Å². The Labute approximate surface area is 218 Å². The van der Waals surface area contributed by atoms with E-state index in [9.17, 15) is 24.8 Å². The number of aromatic hydroxyl groups is 1. The number of benzene rings is 4. The predicted molar refractivity (Wildman–Crippen MR) is 145 cm³/mol. The Morgan fingerprint density at radius 3 is 2.47 bits per heavy atom. The third kappa shape index (κ3) is 5.49. The van der Waals surface area contributed by atoms with Crippen LogP contribution in [0.25, 0.3) is 10.8 Å². The van der Waals surface area contributed by atoms with Crippen molar-refractivity contribution in [3.05, 3.63) is 99.6 Å². The van der Waals surface area contributed by atoms with Crippen molar-refractivity contribution in [2.45, 2.75) is 20.3 Å². The van der Waals surface area contributed by atoms with Crippen LogP contribution in [0, 0.1) is 10.1 Å². The molecule has 0 aromatic heterocycles. The average Bonchev–Trinajstić information content (AvgIpc) is 2.92. The minimum atomic E-state index is -0.669. The number of rotatable bonds is 8. The summed E-state index contributed by atoms with van der Waals surface area (Å²) in [5.41, 5.74) is 1.78. The van der Waals surface area contributed by atoms with E-state index in [4.69, 9.17) is 0 Å². The molecule has 0 saturated heterocycles. The number of hydrogen-bond donors (Lipinski definition) is 3. The second-order valence-electron chi connectivity index (χ2n) is 8.36. The fraction of sp³-hybridized carbons (Fsp3) is 0.143. The lowest BCUT2D eigenvalue weighted by atomic mass is 10.0. The molecule has 0 heterocycles. The number of fused-ring (bicyclic) bond motifs is 1. The summed E-state index contributed by atoms with van der Waals surface area (Å²) in [5.74, 6) is -1.30. The Balaban J connectivity index is 1.76. The number of hydrogen-bond acceptors (Lipinski definition) is 7. The van der Waals surface area contributed by atoms with Gasteiger partial charge >= 0.3 is 0 Å². The lowest BCUT2D eigenvalue weighted by molar-refractivity contribution is -0.384. The van der Waals surface area contributed by atoms with Crippen LogP contribution >= 0.6 is 0 Å². The summed E-state index contributed by atoms with van der Waals surface area (Å²) in [7, 11) is 0. The summed E-state index contributed by atoms with van der Waals surface area (Å²) in [5, 5.41) is 37.4. The Morgan fingerprint density at radius 1 is 0.947 bits per heavy atom. The topological polar surface area (TPSA) is 146 Å². The van der Waals surface area contributed by atoms with E-state index in [1.807, 2.05) is 13.8 Å². The zero-order valence-electron chi connectivity index (χ0n) is 20.8. The van der Waals surface area contributed by atoms with Crippen LogP contribution in [0.15, 0.2) is 83.0 Å². The molecule has 0 aliphatic rings. The molecule has 3 N–H and O–H groups in total. The van der Waals surface area contributed by atoms with Gasteiger partial charge in [-0.3, -0.25) is 19.7 Å². The number of aryl methyl sites for hydroxylation is 1. The first kappa shape index (κ1) is 26.0. The van der Waals surface area contributed by atoms with Gasteiger partial charge < -0.3 is 15.7 Å². The molecule has 0 bridgehead atoms. The molecule has 4 rings (SSSR count). The van der Waals surface area contributed by atoms with Crippen LogP contribution in [-0.2, 0) is 6.42 Å². The van der Waals surface area contributed by atoms with Crippen LogP contribution < -0.4 is 10.6 Å². The van der Waals surface area contributed by atoms with Gasteiger partial charge in [-0.25, -0.2) is 0 Å². The maximum atomic E-state index is 13.1. The molecule has 0 spiro atoms. The summed E-state index contributed by atoms with van der Waals surface area (Å²) < 4.78 is 0. The van der Waals surface area contributed by atoms with Gasteiger partial charge in [0.25, 0.3) is 17.5 Å². The molecule has 10 nitrogen and oxygen atoms in total. The van der Waals surface area contributed by atoms with Gasteiger partial charge in [-0.05, 0) is 48.6 Å². The summed E-state index contributed by atoms with van der Waals surface area (Å²) in [6, 6.07) is 19.2. The van der Waals surface area contributed by atoms with Gasteiger partial charge in [-0.2, -0.15) is 5.11 Å². The van der Waals surface area contributed by atoms with Crippen molar-refractivity contribution in [1.29, 1.82) is 0 Å². The molecular weight excluding hydrogens is 486 g/mol. The van der Waals surface area contributed by atoms with Gasteiger partial charge in [-0.1, -0.05) is 43.3 Å². The molecule has 4 aromatic rings. The van der Waals surface area contributed by atoms with Crippen molar-refractivity contribution < 1.29 is 19.6 Å². The van der Waals surface area contributed by atoms with Crippen LogP contribution in [0.4, 0.5) is 22.7 Å². The number of carbonyl (C=O) groups is 2. The number of nitro groups is 1. The largest absolute Gasteiger partial charge is 0.505 e. The third-order valence-corrected chi connectivity index (χ3v) is 5.88. The number of carbonyl (C=O) groups excluding carboxylic acids is 2. The second kappa shape index (κ2) is 11.3. The number of anilines is 1. The SMILES string of the molecule is CCNC(=O)c1ccc(CC)c(N=Nc2c(O)c(C(=O)Nc3cccc([N+](=O)[O-])c3)cc3ccccc23)c1. The van der Waals surface area contributed by atoms with Crippen molar-refractivity contribution in [3.8, 4) is 5.75 Å². The molecule has 192 valence electrons. The van der Waals surface area contributed by atoms with Crippen LogP contribution in [0.2, 0.25) is 0 Å². The number of azo groups is 1. The highest BCUT2D eigenvalue weighted by Crippen LogP contribution is 2.40. The summed E-state index contributed by atoms with van der Waals surface area (Å²) in [6.45, 7) is 4.26. The first-order chi connectivity index (χ1) is 18.3. The summed E-state index contributed by atoms with van der Waals surface area (Å²) in [6.07, 6.45) is 0.641. The van der Waals surface area contributed by atoms with Crippen LogP contribution in [0.5, 0.6) is 5.75 Å². The fourth-order valence-corrected chi connectivity index (χ4v) is 3.95. The van der Waals surface area contributed by atoms with Crippen molar-refractivity contribution >= 4 is 45.3 Å². The minimum absolute atomic E-state index is 0.0732. The molecule has 10 heteroatoms. The van der Waals surface area contributed by atoms with E-state index in [2.05, 4.69) is 20.9 Å². The number of phenolic OH excluding ortho intramolecular Hbond substituents is 1. The normalized spacial score (nSPS) is 11.0.